The van der Waals surface area contributed by atoms with Crippen LogP contribution in [0.4, 0.5) is 5.13 Å². The van der Waals surface area contributed by atoms with Crippen LogP contribution in [0.25, 0.3) is 0 Å². The lowest BCUT2D eigenvalue weighted by Gasteiger charge is -2.31. The first kappa shape index (κ1) is 8.90. The predicted octanol–water partition coefficient (Wildman–Crippen LogP) is 1.54. The van der Waals surface area contributed by atoms with Crippen LogP contribution in [0.5, 0.6) is 0 Å². The van der Waals surface area contributed by atoms with E-state index in [0.717, 1.165) is 24.5 Å². The lowest BCUT2D eigenvalue weighted by Crippen LogP contribution is -2.29. The molecule has 1 unspecified atom stereocenters. The van der Waals surface area contributed by atoms with Crippen molar-refractivity contribution in [2.75, 3.05) is 12.3 Å². The van der Waals surface area contributed by atoms with Crippen LogP contribution in [0, 0.1) is 0 Å². The number of nitrogens with zero attached hydrogens (tertiary/aromatic N) is 2. The third-order valence-electron chi connectivity index (χ3n) is 2.36. The minimum absolute atomic E-state index is 0.243. The lowest BCUT2D eigenvalue weighted by molar-refractivity contribution is -0.0705. The maximum atomic E-state index is 5.72. The Morgan fingerprint density at radius 3 is 2.85 bits per heavy atom. The van der Waals surface area contributed by atoms with Gasteiger partial charge in [-0.1, -0.05) is 11.3 Å². The molecule has 1 aromatic heterocycles. The molecule has 0 bridgehead atoms. The summed E-state index contributed by atoms with van der Waals surface area (Å²) in [6, 6.07) is 0. The van der Waals surface area contributed by atoms with Crippen molar-refractivity contribution >= 4 is 16.5 Å². The van der Waals surface area contributed by atoms with E-state index in [9.17, 15) is 0 Å². The van der Waals surface area contributed by atoms with Gasteiger partial charge in [0.05, 0.1) is 0 Å². The van der Waals surface area contributed by atoms with Crippen molar-refractivity contribution in [2.45, 2.75) is 31.8 Å². The monoisotopic (exact) mass is 199 g/mol. The zero-order valence-electron chi connectivity index (χ0n) is 7.62. The van der Waals surface area contributed by atoms with Gasteiger partial charge in [0.25, 0.3) is 0 Å². The van der Waals surface area contributed by atoms with E-state index in [1.54, 1.807) is 0 Å². The number of rotatable bonds is 1. The van der Waals surface area contributed by atoms with E-state index in [1.165, 1.54) is 17.8 Å². The second-order valence-electron chi connectivity index (χ2n) is 3.48. The highest BCUT2D eigenvalue weighted by Gasteiger charge is 2.33. The normalized spacial score (nSPS) is 29.0. The van der Waals surface area contributed by atoms with Crippen LogP contribution in [0.1, 0.15) is 31.2 Å². The van der Waals surface area contributed by atoms with Crippen LogP contribution in [0.3, 0.4) is 0 Å². The predicted molar refractivity (Wildman–Crippen MR) is 51.5 cm³/mol. The van der Waals surface area contributed by atoms with E-state index in [-0.39, 0.29) is 5.60 Å². The van der Waals surface area contributed by atoms with Gasteiger partial charge in [0, 0.05) is 6.61 Å². The molecule has 72 valence electrons. The lowest BCUT2D eigenvalue weighted by atomic mass is 9.97. The van der Waals surface area contributed by atoms with E-state index in [2.05, 4.69) is 17.1 Å². The molecular weight excluding hydrogens is 186 g/mol. The van der Waals surface area contributed by atoms with Crippen LogP contribution >= 0.6 is 11.3 Å². The summed E-state index contributed by atoms with van der Waals surface area (Å²) in [7, 11) is 0. The standard InChI is InChI=1S/C8H13N3OS/c1-8(4-2-3-5-12-8)6-10-11-7(9)13-6/h2-5H2,1H3,(H2,9,11). The number of nitrogen functional groups attached to an aromatic ring is 1. The first-order valence-electron chi connectivity index (χ1n) is 4.44. The molecule has 2 N–H and O–H groups in total. The van der Waals surface area contributed by atoms with Crippen LogP contribution in [0.2, 0.25) is 0 Å². The minimum Gasteiger partial charge on any atom is -0.374 e. The SMILES string of the molecule is CC1(c2nnc(N)s2)CCCCO1. The van der Waals surface area contributed by atoms with Crippen molar-refractivity contribution in [3.05, 3.63) is 5.01 Å². The minimum atomic E-state index is -0.243. The molecule has 13 heavy (non-hydrogen) atoms. The molecule has 0 aliphatic carbocycles. The van der Waals surface area contributed by atoms with E-state index < -0.39 is 0 Å². The van der Waals surface area contributed by atoms with Gasteiger partial charge in [0.15, 0.2) is 5.01 Å². The Morgan fingerprint density at radius 2 is 2.31 bits per heavy atom. The van der Waals surface area contributed by atoms with Crippen molar-refractivity contribution in [1.82, 2.24) is 10.2 Å². The molecule has 2 heterocycles. The summed E-state index contributed by atoms with van der Waals surface area (Å²) < 4.78 is 5.72. The van der Waals surface area contributed by atoms with E-state index >= 15 is 0 Å². The number of anilines is 1. The summed E-state index contributed by atoms with van der Waals surface area (Å²) in [5.74, 6) is 0. The number of ether oxygens (including phenoxy) is 1. The fraction of sp³-hybridized carbons (Fsp3) is 0.750. The Labute approximate surface area is 81.1 Å². The van der Waals surface area contributed by atoms with Crippen LogP contribution in [-0.2, 0) is 10.3 Å². The fourth-order valence-electron chi connectivity index (χ4n) is 1.55. The Balaban J connectivity index is 2.22. The summed E-state index contributed by atoms with van der Waals surface area (Å²) in [5, 5.41) is 9.26. The summed E-state index contributed by atoms with van der Waals surface area (Å²) in [5.41, 5.74) is 5.29. The first-order valence-corrected chi connectivity index (χ1v) is 5.26. The molecule has 4 nitrogen and oxygen atoms in total. The van der Waals surface area contributed by atoms with Crippen molar-refractivity contribution < 1.29 is 4.74 Å². The molecule has 1 fully saturated rings. The van der Waals surface area contributed by atoms with Gasteiger partial charge in [-0.05, 0) is 26.2 Å². The van der Waals surface area contributed by atoms with Gasteiger partial charge < -0.3 is 10.5 Å². The second-order valence-corrected chi connectivity index (χ2v) is 4.49. The molecule has 1 saturated heterocycles. The zero-order chi connectivity index (χ0) is 9.31. The molecular formula is C8H13N3OS. The summed E-state index contributed by atoms with van der Waals surface area (Å²) >= 11 is 1.42. The number of hydrogen-bond acceptors (Lipinski definition) is 5. The third kappa shape index (κ3) is 1.66. The third-order valence-corrected chi connectivity index (χ3v) is 3.36. The Morgan fingerprint density at radius 1 is 1.46 bits per heavy atom. The van der Waals surface area contributed by atoms with Gasteiger partial charge >= 0.3 is 0 Å². The van der Waals surface area contributed by atoms with E-state index in [4.69, 9.17) is 10.5 Å². The number of aromatic nitrogens is 2. The van der Waals surface area contributed by atoms with Crippen molar-refractivity contribution in [1.29, 1.82) is 0 Å². The first-order chi connectivity index (χ1) is 6.21. The van der Waals surface area contributed by atoms with Crippen molar-refractivity contribution in [2.24, 2.45) is 0 Å². The van der Waals surface area contributed by atoms with Crippen LogP contribution in [0.15, 0.2) is 0 Å². The highest BCUT2D eigenvalue weighted by Crippen LogP contribution is 2.36. The van der Waals surface area contributed by atoms with Crippen molar-refractivity contribution in [3.8, 4) is 0 Å². The molecule has 1 aliphatic rings. The molecule has 0 radical (unpaired) electrons. The summed E-state index contributed by atoms with van der Waals surface area (Å²) in [6.07, 6.45) is 3.35. The topological polar surface area (TPSA) is 61.0 Å². The maximum Gasteiger partial charge on any atom is 0.203 e. The average molecular weight is 199 g/mol. The average Bonchev–Trinajstić information content (AvgIpc) is 2.54. The molecule has 5 heteroatoms. The molecule has 2 rings (SSSR count). The number of hydrogen-bond donors (Lipinski definition) is 1. The van der Waals surface area contributed by atoms with Gasteiger partial charge in [0.1, 0.15) is 5.60 Å². The van der Waals surface area contributed by atoms with Gasteiger partial charge in [-0.2, -0.15) is 0 Å². The smallest absolute Gasteiger partial charge is 0.203 e. The fourth-order valence-corrected chi connectivity index (χ4v) is 2.29. The summed E-state index contributed by atoms with van der Waals surface area (Å²) in [4.78, 5) is 0. The Hall–Kier alpha value is -0.680. The molecule has 1 aromatic rings. The molecule has 0 spiro atoms. The maximum absolute atomic E-state index is 5.72. The Kier molecular flexibility index (Phi) is 2.21. The molecule has 0 aromatic carbocycles. The van der Waals surface area contributed by atoms with Gasteiger partial charge in [0.2, 0.25) is 5.13 Å². The Bertz CT molecular complexity index is 293. The highest BCUT2D eigenvalue weighted by molar-refractivity contribution is 7.15. The van der Waals surface area contributed by atoms with Gasteiger partial charge in [-0.15, -0.1) is 10.2 Å². The van der Waals surface area contributed by atoms with Gasteiger partial charge in [-0.3, -0.25) is 0 Å². The molecule has 0 amide bonds. The van der Waals surface area contributed by atoms with Crippen LogP contribution in [-0.4, -0.2) is 16.8 Å². The number of nitrogens with two attached hydrogens (primary N) is 1. The largest absolute Gasteiger partial charge is 0.374 e. The quantitative estimate of drug-likeness (QED) is 0.745. The van der Waals surface area contributed by atoms with E-state index in [1.807, 2.05) is 0 Å². The molecule has 0 saturated carbocycles. The van der Waals surface area contributed by atoms with Crippen LogP contribution < -0.4 is 5.73 Å². The highest BCUT2D eigenvalue weighted by atomic mass is 32.1. The van der Waals surface area contributed by atoms with E-state index in [0.29, 0.717) is 5.13 Å². The molecule has 1 atom stereocenters. The zero-order valence-corrected chi connectivity index (χ0v) is 8.43. The van der Waals surface area contributed by atoms with Gasteiger partial charge in [-0.25, -0.2) is 0 Å². The summed E-state index contributed by atoms with van der Waals surface area (Å²) in [6.45, 7) is 2.88. The molecule has 1 aliphatic heterocycles. The second kappa shape index (κ2) is 3.23. The van der Waals surface area contributed by atoms with Crippen molar-refractivity contribution in [3.63, 3.8) is 0 Å².